The Balaban J connectivity index is 0.914. The molecule has 5 atom stereocenters. The van der Waals surface area contributed by atoms with E-state index >= 15 is 0 Å². The topological polar surface area (TPSA) is 184 Å². The second kappa shape index (κ2) is 19.4. The van der Waals surface area contributed by atoms with Crippen molar-refractivity contribution in [2.75, 3.05) is 31.6 Å². The molecule has 2 saturated heterocycles. The van der Waals surface area contributed by atoms with Crippen molar-refractivity contribution in [3.05, 3.63) is 98.5 Å². The van der Waals surface area contributed by atoms with E-state index in [0.717, 1.165) is 60.6 Å². The molecular formula is C50H61N9O6S2. The van der Waals surface area contributed by atoms with Crippen LogP contribution in [0.3, 0.4) is 0 Å². The fourth-order valence-corrected chi connectivity index (χ4v) is 11.5. The lowest BCUT2D eigenvalue weighted by Gasteiger charge is -2.38. The van der Waals surface area contributed by atoms with Crippen LogP contribution in [0.4, 0.5) is 5.69 Å². The quantitative estimate of drug-likeness (QED) is 0.109. The van der Waals surface area contributed by atoms with Crippen LogP contribution in [0.1, 0.15) is 116 Å². The van der Waals surface area contributed by atoms with E-state index in [4.69, 9.17) is 9.73 Å². The van der Waals surface area contributed by atoms with Crippen LogP contribution in [0.5, 0.6) is 0 Å². The zero-order valence-electron chi connectivity index (χ0n) is 39.8. The first-order valence-electron chi connectivity index (χ1n) is 23.1. The van der Waals surface area contributed by atoms with Gasteiger partial charge in [0.05, 0.1) is 41.0 Å². The Morgan fingerprint density at radius 3 is 2.25 bits per heavy atom. The third-order valence-electron chi connectivity index (χ3n) is 13.5. The van der Waals surface area contributed by atoms with Crippen molar-refractivity contribution in [3.8, 4) is 15.4 Å². The molecule has 0 aliphatic carbocycles. The third kappa shape index (κ3) is 9.81. The van der Waals surface area contributed by atoms with Crippen molar-refractivity contribution in [1.82, 2.24) is 35.3 Å². The second-order valence-electron chi connectivity index (χ2n) is 19.1. The first-order chi connectivity index (χ1) is 31.9. The van der Waals surface area contributed by atoms with Crippen LogP contribution < -0.4 is 15.5 Å². The van der Waals surface area contributed by atoms with Crippen LogP contribution in [-0.2, 0) is 23.9 Å². The van der Waals surface area contributed by atoms with E-state index in [1.54, 1.807) is 22.7 Å². The van der Waals surface area contributed by atoms with E-state index in [1.165, 1.54) is 16.9 Å². The monoisotopic (exact) mass is 947 g/mol. The number of fused-ring (bicyclic) bond motifs is 3. The number of aliphatic imine (C=N–C) groups is 1. The lowest BCUT2D eigenvalue weighted by Crippen LogP contribution is -2.59. The number of carbonyl (C=O) groups is 4. The highest BCUT2D eigenvalue weighted by molar-refractivity contribution is 7.15. The summed E-state index contributed by atoms with van der Waals surface area (Å²) < 4.78 is 7.04. The van der Waals surface area contributed by atoms with Crippen LogP contribution in [0.2, 0.25) is 0 Å². The number of carbonyl (C=O) groups excluding carboxylic acids is 4. The van der Waals surface area contributed by atoms with Crippen molar-refractivity contribution in [3.63, 3.8) is 0 Å². The molecule has 15 nitrogen and oxygen atoms in total. The molecule has 5 aromatic rings. The number of β-amino-alcohol motifs (C(OH)–C–C–N with tert-alkyl or cyclic N) is 1. The first-order valence-corrected chi connectivity index (χ1v) is 24.7. The Hall–Kier alpha value is -5.78. The minimum atomic E-state index is -0.908. The maximum Gasteiger partial charge on any atom is 0.305 e. The number of hydrogen-bond donors (Lipinski definition) is 3. The molecule has 8 rings (SSSR count). The number of methoxy groups -OCH3 is 1. The van der Waals surface area contributed by atoms with Gasteiger partial charge in [0.1, 0.15) is 29.0 Å². The molecule has 3 N–H and O–H groups in total. The Morgan fingerprint density at radius 1 is 0.925 bits per heavy atom. The standard InChI is InChI=1S/C50H61N9O6S2/c1-27-30(4)67-49-41(27)42(53-38(18-19-40(61)65-9)45-56-55-31(5)59(45)49)33-14-16-36(17-15-33)57-22-20-35(21-23-57)46(62)54-44(50(6,7)8)48(64)58-25-37(60)24-39(58)47(63)52-28(2)32-10-12-34(13-11-32)43-29(3)51-26-66-43/h10-17,26,28,35,37-39,44,60H,18-25H2,1-9H3,(H,52,63)(H,54,62)/t28-,37+,38-,39-,44+/m0/s1. The van der Waals surface area contributed by atoms with Crippen molar-refractivity contribution < 1.29 is 29.0 Å². The molecule has 6 heterocycles. The van der Waals surface area contributed by atoms with E-state index in [2.05, 4.69) is 73.4 Å². The summed E-state index contributed by atoms with van der Waals surface area (Å²) in [5.74, 6) is -0.0579. The van der Waals surface area contributed by atoms with Gasteiger partial charge in [-0.15, -0.1) is 32.9 Å². The summed E-state index contributed by atoms with van der Waals surface area (Å²) >= 11 is 3.27. The summed E-state index contributed by atoms with van der Waals surface area (Å²) in [7, 11) is 1.39. The highest BCUT2D eigenvalue weighted by Gasteiger charge is 2.45. The molecule has 2 fully saturated rings. The SMILES string of the molecule is COC(=O)CC[C@@H]1N=C(c2ccc(N3CCC(C(=O)N[C@H](C(=O)N4C[C@H](O)C[C@H]4C(=O)N[C@@H](C)c4ccc(-c5scnc5C)cc4)C(C)(C)C)CC3)cc2)c2c(sc(C)c2C)-n2c(C)nnc21. The zero-order valence-corrected chi connectivity index (χ0v) is 41.4. The van der Waals surface area contributed by atoms with Gasteiger partial charge >= 0.3 is 5.97 Å². The molecule has 0 unspecified atom stereocenters. The Morgan fingerprint density at radius 2 is 1.61 bits per heavy atom. The first kappa shape index (κ1) is 47.7. The Kier molecular flexibility index (Phi) is 13.8. The van der Waals surface area contributed by atoms with Gasteiger partial charge in [0, 0.05) is 60.1 Å². The molecule has 3 aliphatic heterocycles. The maximum absolute atomic E-state index is 14.4. The lowest BCUT2D eigenvalue weighted by molar-refractivity contribution is -0.144. The summed E-state index contributed by atoms with van der Waals surface area (Å²) in [4.78, 5) is 70.2. The molecule has 0 spiro atoms. The van der Waals surface area contributed by atoms with Gasteiger partial charge in [-0.25, -0.2) is 4.98 Å². The second-order valence-corrected chi connectivity index (χ2v) is 21.2. The Labute approximate surface area is 400 Å². The van der Waals surface area contributed by atoms with Crippen LogP contribution in [0, 0.1) is 39.0 Å². The molecule has 0 radical (unpaired) electrons. The summed E-state index contributed by atoms with van der Waals surface area (Å²) in [6.45, 7) is 17.1. The van der Waals surface area contributed by atoms with E-state index in [1.807, 2.05) is 71.3 Å². The number of ether oxygens (including phenoxy) is 1. The van der Waals surface area contributed by atoms with Gasteiger partial charge in [0.25, 0.3) is 0 Å². The number of esters is 1. The number of amides is 3. The molecule has 0 saturated carbocycles. The van der Waals surface area contributed by atoms with E-state index in [0.29, 0.717) is 38.2 Å². The number of rotatable bonds is 12. The number of anilines is 1. The number of likely N-dealkylation sites (tertiary alicyclic amines) is 1. The van der Waals surface area contributed by atoms with Gasteiger partial charge in [0.2, 0.25) is 17.7 Å². The fraction of sp³-hybridized carbons (Fsp3) is 0.480. The highest BCUT2D eigenvalue weighted by Crippen LogP contribution is 2.40. The maximum atomic E-state index is 14.4. The predicted octanol–water partition coefficient (Wildman–Crippen LogP) is 7.12. The van der Waals surface area contributed by atoms with Gasteiger partial charge in [-0.05, 0) is 88.1 Å². The molecule has 3 aromatic heterocycles. The largest absolute Gasteiger partial charge is 0.469 e. The third-order valence-corrected chi connectivity index (χ3v) is 15.7. The number of nitrogens with zero attached hydrogens (tertiary/aromatic N) is 7. The van der Waals surface area contributed by atoms with Crippen molar-refractivity contribution in [2.24, 2.45) is 16.3 Å². The predicted molar refractivity (Wildman–Crippen MR) is 261 cm³/mol. The normalized spacial score (nSPS) is 19.5. The van der Waals surface area contributed by atoms with Crippen LogP contribution in [0.25, 0.3) is 15.4 Å². The molecule has 3 aliphatic rings. The number of piperidine rings is 1. The van der Waals surface area contributed by atoms with Crippen LogP contribution >= 0.6 is 22.7 Å². The number of aromatic nitrogens is 4. The van der Waals surface area contributed by atoms with Crippen LogP contribution in [0.15, 0.2) is 59.0 Å². The molecule has 0 bridgehead atoms. The molecule has 67 heavy (non-hydrogen) atoms. The average Bonchev–Trinajstić information content (AvgIpc) is 4.08. The average molecular weight is 948 g/mol. The number of thiophene rings is 1. The minimum Gasteiger partial charge on any atom is -0.469 e. The molecule has 2 aromatic carbocycles. The van der Waals surface area contributed by atoms with E-state index in [9.17, 15) is 24.3 Å². The van der Waals surface area contributed by atoms with E-state index in [-0.39, 0.29) is 55.0 Å². The van der Waals surface area contributed by atoms with Gasteiger partial charge in [-0.1, -0.05) is 57.2 Å². The van der Waals surface area contributed by atoms with Gasteiger partial charge < -0.3 is 30.3 Å². The van der Waals surface area contributed by atoms with E-state index < -0.39 is 29.6 Å². The van der Waals surface area contributed by atoms with Gasteiger partial charge in [-0.2, -0.15) is 0 Å². The highest BCUT2D eigenvalue weighted by atomic mass is 32.1. The summed E-state index contributed by atoms with van der Waals surface area (Å²) in [5, 5.41) is 26.9. The molecule has 17 heteroatoms. The number of aliphatic hydroxyl groups is 1. The number of aliphatic hydroxyl groups excluding tert-OH is 1. The summed E-state index contributed by atoms with van der Waals surface area (Å²) in [6, 6.07) is 13.8. The summed E-state index contributed by atoms with van der Waals surface area (Å²) in [5.41, 5.74) is 9.09. The van der Waals surface area contributed by atoms with Crippen molar-refractivity contribution >= 4 is 57.8 Å². The van der Waals surface area contributed by atoms with Gasteiger partial charge in [-0.3, -0.25) is 28.7 Å². The molecule has 354 valence electrons. The molecular weight excluding hydrogens is 887 g/mol. The van der Waals surface area contributed by atoms with Gasteiger partial charge in [0.15, 0.2) is 5.82 Å². The zero-order chi connectivity index (χ0) is 47.9. The fourth-order valence-electron chi connectivity index (χ4n) is 9.44. The van der Waals surface area contributed by atoms with Crippen molar-refractivity contribution in [2.45, 2.75) is 118 Å². The smallest absolute Gasteiger partial charge is 0.305 e. The number of nitrogens with one attached hydrogen (secondary N) is 2. The summed E-state index contributed by atoms with van der Waals surface area (Å²) in [6.07, 6.45) is 1.06. The number of thiazole rings is 1. The molecule has 3 amide bonds. The van der Waals surface area contributed by atoms with Crippen LogP contribution in [-0.4, -0.2) is 104 Å². The Bertz CT molecular complexity index is 2670. The lowest BCUT2D eigenvalue weighted by atomic mass is 9.84. The number of aryl methyl sites for hydroxylation is 3. The van der Waals surface area contributed by atoms with Crippen molar-refractivity contribution in [1.29, 1.82) is 0 Å². The number of hydrogen-bond acceptors (Lipinski definition) is 13. The minimum absolute atomic E-state index is 0.00700. The number of benzene rings is 2.